The Hall–Kier alpha value is 0. The Morgan fingerprint density at radius 2 is 1.73 bits per heavy atom. The summed E-state index contributed by atoms with van der Waals surface area (Å²) in [6, 6.07) is 0. The van der Waals surface area contributed by atoms with Gasteiger partial charge in [-0.15, -0.1) is 0 Å². The lowest BCUT2D eigenvalue weighted by atomic mass is 9.73. The molecule has 0 bridgehead atoms. The first-order valence-corrected chi connectivity index (χ1v) is 4.87. The predicted octanol–water partition coefficient (Wildman–Crippen LogP) is 4.21. The zero-order valence-corrected chi connectivity index (χ0v) is 8.83. The van der Waals surface area contributed by atoms with Gasteiger partial charge in [-0.3, -0.25) is 0 Å². The zero-order chi connectivity index (χ0) is 8.91. The number of rotatable bonds is 5. The number of hydrogen-bond donors (Lipinski definition) is 0. The third-order valence-electron chi connectivity index (χ3n) is 3.07. The standard InChI is InChI=1S/C11H23/c1-6-8-9-11(5,7-2)10(3)4/h6-9H2,1-5H3. The van der Waals surface area contributed by atoms with Crippen LogP contribution in [-0.2, 0) is 0 Å². The molecule has 1 radical (unpaired) electrons. The van der Waals surface area contributed by atoms with Gasteiger partial charge >= 0.3 is 0 Å². The summed E-state index contributed by atoms with van der Waals surface area (Å²) in [6.45, 7) is 11.5. The van der Waals surface area contributed by atoms with Crippen molar-refractivity contribution in [1.82, 2.24) is 0 Å². The monoisotopic (exact) mass is 155 g/mol. The van der Waals surface area contributed by atoms with Gasteiger partial charge in [-0.1, -0.05) is 53.9 Å². The summed E-state index contributed by atoms with van der Waals surface area (Å²) < 4.78 is 0. The summed E-state index contributed by atoms with van der Waals surface area (Å²) in [5.41, 5.74) is 0.510. The highest BCUT2D eigenvalue weighted by molar-refractivity contribution is 4.96. The average Bonchev–Trinajstić information content (AvgIpc) is 2.00. The van der Waals surface area contributed by atoms with Gasteiger partial charge in [-0.25, -0.2) is 0 Å². The van der Waals surface area contributed by atoms with Crippen LogP contribution >= 0.6 is 0 Å². The van der Waals surface area contributed by atoms with E-state index in [9.17, 15) is 0 Å². The molecule has 0 rings (SSSR count). The largest absolute Gasteiger partial charge is 0.0654 e. The third kappa shape index (κ3) is 3.27. The fraction of sp³-hybridized carbons (Fsp3) is 0.909. The van der Waals surface area contributed by atoms with Crippen molar-refractivity contribution in [2.45, 2.75) is 60.3 Å². The lowest BCUT2D eigenvalue weighted by Gasteiger charge is -2.32. The molecule has 0 aromatic heterocycles. The molecule has 0 N–H and O–H groups in total. The van der Waals surface area contributed by atoms with Crippen molar-refractivity contribution in [3.05, 3.63) is 5.92 Å². The van der Waals surface area contributed by atoms with Crippen molar-refractivity contribution in [3.8, 4) is 0 Å². The van der Waals surface area contributed by atoms with Gasteiger partial charge in [-0.05, 0) is 17.8 Å². The SMILES string of the molecule is CCCCC(C)(CC)[C](C)C. The van der Waals surface area contributed by atoms with Gasteiger partial charge in [0, 0.05) is 0 Å². The maximum Gasteiger partial charge on any atom is -0.0244 e. The van der Waals surface area contributed by atoms with E-state index in [0.717, 1.165) is 0 Å². The molecule has 0 spiro atoms. The van der Waals surface area contributed by atoms with Crippen molar-refractivity contribution < 1.29 is 0 Å². The molecule has 1 unspecified atom stereocenters. The van der Waals surface area contributed by atoms with Crippen LogP contribution in [-0.4, -0.2) is 0 Å². The second-order valence-electron chi connectivity index (χ2n) is 4.02. The van der Waals surface area contributed by atoms with Crippen LogP contribution in [0, 0.1) is 11.3 Å². The quantitative estimate of drug-likeness (QED) is 0.558. The first-order chi connectivity index (χ1) is 5.06. The highest BCUT2D eigenvalue weighted by atomic mass is 14.3. The van der Waals surface area contributed by atoms with Crippen molar-refractivity contribution in [3.63, 3.8) is 0 Å². The molecule has 0 aliphatic heterocycles. The molecule has 0 aromatic rings. The highest BCUT2D eigenvalue weighted by Gasteiger charge is 2.25. The van der Waals surface area contributed by atoms with Crippen LogP contribution in [0.15, 0.2) is 0 Å². The maximum absolute atomic E-state index is 2.39. The molecule has 0 aliphatic carbocycles. The van der Waals surface area contributed by atoms with Crippen molar-refractivity contribution in [1.29, 1.82) is 0 Å². The minimum absolute atomic E-state index is 0.510. The molecule has 0 nitrogen and oxygen atoms in total. The van der Waals surface area contributed by atoms with Gasteiger partial charge in [0.15, 0.2) is 0 Å². The molecule has 0 aliphatic rings. The van der Waals surface area contributed by atoms with Crippen molar-refractivity contribution in [2.75, 3.05) is 0 Å². The minimum atomic E-state index is 0.510. The van der Waals surface area contributed by atoms with Crippen molar-refractivity contribution >= 4 is 0 Å². The molecular weight excluding hydrogens is 132 g/mol. The van der Waals surface area contributed by atoms with Crippen LogP contribution in [0.4, 0.5) is 0 Å². The normalized spacial score (nSPS) is 16.9. The summed E-state index contributed by atoms with van der Waals surface area (Å²) in [6.07, 6.45) is 5.34. The molecule has 67 valence electrons. The molecule has 11 heavy (non-hydrogen) atoms. The van der Waals surface area contributed by atoms with Gasteiger partial charge in [0.1, 0.15) is 0 Å². The Labute approximate surface area is 72.4 Å². The molecule has 0 saturated carbocycles. The molecule has 0 heterocycles. The highest BCUT2D eigenvalue weighted by Crippen LogP contribution is 2.37. The number of unbranched alkanes of at least 4 members (excludes halogenated alkanes) is 1. The Bertz CT molecular complexity index is 94.2. The molecule has 0 saturated heterocycles. The van der Waals surface area contributed by atoms with Crippen LogP contribution < -0.4 is 0 Å². The van der Waals surface area contributed by atoms with Crippen molar-refractivity contribution in [2.24, 2.45) is 5.41 Å². The van der Waals surface area contributed by atoms with E-state index in [1.807, 2.05) is 0 Å². The second-order valence-corrected chi connectivity index (χ2v) is 4.02. The lowest BCUT2D eigenvalue weighted by Crippen LogP contribution is -2.20. The fourth-order valence-electron chi connectivity index (χ4n) is 1.35. The van der Waals surface area contributed by atoms with Gasteiger partial charge in [-0.2, -0.15) is 0 Å². The Morgan fingerprint density at radius 3 is 2.00 bits per heavy atom. The van der Waals surface area contributed by atoms with Crippen LogP contribution in [0.5, 0.6) is 0 Å². The summed E-state index contributed by atoms with van der Waals surface area (Å²) in [7, 11) is 0. The topological polar surface area (TPSA) is 0 Å². The number of hydrogen-bond acceptors (Lipinski definition) is 0. The van der Waals surface area contributed by atoms with Crippen LogP contribution in [0.3, 0.4) is 0 Å². The molecule has 1 atom stereocenters. The zero-order valence-electron chi connectivity index (χ0n) is 8.83. The van der Waals surface area contributed by atoms with E-state index in [1.54, 1.807) is 5.92 Å². The molecule has 0 fully saturated rings. The predicted molar refractivity (Wildman–Crippen MR) is 52.5 cm³/mol. The van der Waals surface area contributed by atoms with E-state index in [0.29, 0.717) is 5.41 Å². The Morgan fingerprint density at radius 1 is 1.18 bits per heavy atom. The van der Waals surface area contributed by atoms with E-state index in [-0.39, 0.29) is 0 Å². The van der Waals surface area contributed by atoms with Gasteiger partial charge < -0.3 is 0 Å². The smallest absolute Gasteiger partial charge is 0.0244 e. The summed E-state index contributed by atoms with van der Waals surface area (Å²) in [4.78, 5) is 0. The molecule has 0 aromatic carbocycles. The van der Waals surface area contributed by atoms with Gasteiger partial charge in [0.2, 0.25) is 0 Å². The van der Waals surface area contributed by atoms with Crippen LogP contribution in [0.2, 0.25) is 0 Å². The van der Waals surface area contributed by atoms with Gasteiger partial charge in [0.05, 0.1) is 0 Å². The molecular formula is C11H23. The molecule has 0 heteroatoms. The summed E-state index contributed by atoms with van der Waals surface area (Å²) in [5.74, 6) is 1.59. The maximum atomic E-state index is 2.39. The van der Waals surface area contributed by atoms with E-state index in [1.165, 1.54) is 25.7 Å². The van der Waals surface area contributed by atoms with E-state index in [4.69, 9.17) is 0 Å². The van der Waals surface area contributed by atoms with E-state index >= 15 is 0 Å². The van der Waals surface area contributed by atoms with E-state index in [2.05, 4.69) is 34.6 Å². The Balaban J connectivity index is 3.88. The third-order valence-corrected chi connectivity index (χ3v) is 3.07. The average molecular weight is 155 g/mol. The molecule has 0 amide bonds. The summed E-state index contributed by atoms with van der Waals surface area (Å²) in [5, 5.41) is 0. The first kappa shape index (κ1) is 11.0. The lowest BCUT2D eigenvalue weighted by molar-refractivity contribution is 0.296. The van der Waals surface area contributed by atoms with Gasteiger partial charge in [0.25, 0.3) is 0 Å². The van der Waals surface area contributed by atoms with E-state index < -0.39 is 0 Å². The minimum Gasteiger partial charge on any atom is -0.0654 e. The van der Waals surface area contributed by atoms with Crippen LogP contribution in [0.25, 0.3) is 0 Å². The fourth-order valence-corrected chi connectivity index (χ4v) is 1.35. The second kappa shape index (κ2) is 4.79. The van der Waals surface area contributed by atoms with Crippen LogP contribution in [0.1, 0.15) is 60.3 Å². The summed E-state index contributed by atoms with van der Waals surface area (Å²) >= 11 is 0. The first-order valence-electron chi connectivity index (χ1n) is 4.87. The Kier molecular flexibility index (Phi) is 4.79.